The Bertz CT molecular complexity index is 487. The first-order valence-electron chi connectivity index (χ1n) is 8.23. The number of carbonyl (C=O) groups excluding carboxylic acids is 2. The lowest BCUT2D eigenvalue weighted by atomic mass is 10.00. The van der Waals surface area contributed by atoms with Crippen LogP contribution in [0.2, 0.25) is 0 Å². The molecule has 0 saturated carbocycles. The number of hydrogen-bond donors (Lipinski definition) is 0. The molecule has 1 aliphatic heterocycles. The van der Waals surface area contributed by atoms with E-state index in [0.29, 0.717) is 50.5 Å². The number of amides is 2. The molecular formula is C17H24BrNO4. The average molecular weight is 386 g/mol. The summed E-state index contributed by atoms with van der Waals surface area (Å²) in [6.45, 7) is 2.38. The molecule has 2 amide bonds. The van der Waals surface area contributed by atoms with Gasteiger partial charge in [0.05, 0.1) is 26.4 Å². The minimum atomic E-state index is -0.180. The predicted molar refractivity (Wildman–Crippen MR) is 91.4 cm³/mol. The summed E-state index contributed by atoms with van der Waals surface area (Å²) in [5.74, 6) is -0.325. The monoisotopic (exact) mass is 385 g/mol. The average Bonchev–Trinajstić information content (AvgIpc) is 2.72. The number of ether oxygens (including phenoxy) is 2. The number of carbonyl (C=O) groups is 2. The quantitative estimate of drug-likeness (QED) is 0.347. The van der Waals surface area contributed by atoms with Gasteiger partial charge < -0.3 is 9.47 Å². The molecule has 6 heteroatoms. The Balaban J connectivity index is 1.73. The van der Waals surface area contributed by atoms with E-state index in [1.165, 1.54) is 4.90 Å². The maximum Gasteiger partial charge on any atom is 0.261 e. The van der Waals surface area contributed by atoms with Crippen molar-refractivity contribution in [3.05, 3.63) is 23.3 Å². The lowest BCUT2D eigenvalue weighted by Crippen LogP contribution is -2.35. The fraction of sp³-hybridized carbons (Fsp3) is 0.647. The second-order valence-corrected chi connectivity index (χ2v) is 6.36. The first-order chi connectivity index (χ1) is 11.3. The smallest absolute Gasteiger partial charge is 0.261 e. The predicted octanol–water partition coefficient (Wildman–Crippen LogP) is 2.60. The molecule has 0 aromatic heterocycles. The Labute approximate surface area is 145 Å². The van der Waals surface area contributed by atoms with Crippen molar-refractivity contribution >= 4 is 27.7 Å². The van der Waals surface area contributed by atoms with E-state index in [4.69, 9.17) is 9.47 Å². The minimum Gasteiger partial charge on any atom is -0.379 e. The highest BCUT2D eigenvalue weighted by Crippen LogP contribution is 2.27. The van der Waals surface area contributed by atoms with Crippen LogP contribution in [0.25, 0.3) is 0 Å². The van der Waals surface area contributed by atoms with Gasteiger partial charge in [0.1, 0.15) is 0 Å². The molecule has 1 aliphatic carbocycles. The summed E-state index contributed by atoms with van der Waals surface area (Å²) in [7, 11) is 0. The molecule has 0 unspecified atom stereocenters. The van der Waals surface area contributed by atoms with Crippen LogP contribution in [0.3, 0.4) is 0 Å². The Kier molecular flexibility index (Phi) is 7.99. The Hall–Kier alpha value is -0.980. The first-order valence-corrected chi connectivity index (χ1v) is 9.35. The molecule has 1 heterocycles. The SMILES string of the molecule is O=C1C2=C(CCCCC=C2)C(=O)N1CCOCCOCCCBr. The van der Waals surface area contributed by atoms with Gasteiger partial charge in [0.2, 0.25) is 0 Å². The summed E-state index contributed by atoms with van der Waals surface area (Å²) >= 11 is 3.34. The molecule has 0 bridgehead atoms. The van der Waals surface area contributed by atoms with E-state index in [1.54, 1.807) is 0 Å². The van der Waals surface area contributed by atoms with Gasteiger partial charge in [-0.05, 0) is 32.1 Å². The molecule has 0 aromatic rings. The summed E-state index contributed by atoms with van der Waals surface area (Å²) in [5.41, 5.74) is 1.25. The summed E-state index contributed by atoms with van der Waals surface area (Å²) in [6, 6.07) is 0. The summed E-state index contributed by atoms with van der Waals surface area (Å²) in [6.07, 6.45) is 8.46. The number of halogens is 1. The van der Waals surface area contributed by atoms with Crippen molar-refractivity contribution in [2.24, 2.45) is 0 Å². The van der Waals surface area contributed by atoms with Crippen molar-refractivity contribution in [2.75, 3.05) is 38.3 Å². The molecule has 0 atom stereocenters. The zero-order valence-electron chi connectivity index (χ0n) is 13.4. The van der Waals surface area contributed by atoms with Crippen molar-refractivity contribution in [3.63, 3.8) is 0 Å². The standard InChI is InChI=1S/C17H24BrNO4/c18-8-5-10-22-12-13-23-11-9-19-16(20)14-6-3-1-2-4-7-15(14)17(19)21/h3,6H,1-2,4-5,7-13H2. The van der Waals surface area contributed by atoms with E-state index >= 15 is 0 Å². The Morgan fingerprint density at radius 2 is 1.83 bits per heavy atom. The number of imide groups is 1. The number of allylic oxidation sites excluding steroid dienone is 1. The van der Waals surface area contributed by atoms with Gasteiger partial charge in [-0.15, -0.1) is 0 Å². The molecule has 2 rings (SSSR count). The highest BCUT2D eigenvalue weighted by atomic mass is 79.9. The zero-order chi connectivity index (χ0) is 16.5. The van der Waals surface area contributed by atoms with Gasteiger partial charge >= 0.3 is 0 Å². The van der Waals surface area contributed by atoms with Crippen molar-refractivity contribution < 1.29 is 19.1 Å². The van der Waals surface area contributed by atoms with Gasteiger partial charge in [-0.25, -0.2) is 0 Å². The van der Waals surface area contributed by atoms with Gasteiger partial charge in [0.25, 0.3) is 11.8 Å². The van der Waals surface area contributed by atoms with E-state index in [9.17, 15) is 9.59 Å². The van der Waals surface area contributed by atoms with Crippen LogP contribution in [0.1, 0.15) is 32.1 Å². The topological polar surface area (TPSA) is 55.8 Å². The van der Waals surface area contributed by atoms with Crippen molar-refractivity contribution in [1.29, 1.82) is 0 Å². The molecule has 0 N–H and O–H groups in total. The Morgan fingerprint density at radius 3 is 2.61 bits per heavy atom. The third-order valence-corrected chi connectivity index (χ3v) is 4.45. The molecule has 0 spiro atoms. The second kappa shape index (κ2) is 10.0. The highest BCUT2D eigenvalue weighted by Gasteiger charge is 2.36. The van der Waals surface area contributed by atoms with Crippen LogP contribution < -0.4 is 0 Å². The molecular weight excluding hydrogens is 362 g/mol. The van der Waals surface area contributed by atoms with Crippen molar-refractivity contribution in [3.8, 4) is 0 Å². The van der Waals surface area contributed by atoms with Crippen molar-refractivity contribution in [1.82, 2.24) is 4.90 Å². The van der Waals surface area contributed by atoms with Crippen LogP contribution in [0, 0.1) is 0 Å². The van der Waals surface area contributed by atoms with Gasteiger partial charge in [0.15, 0.2) is 0 Å². The fourth-order valence-corrected chi connectivity index (χ4v) is 2.89. The normalized spacial score (nSPS) is 18.4. The largest absolute Gasteiger partial charge is 0.379 e. The Morgan fingerprint density at radius 1 is 1.04 bits per heavy atom. The van der Waals surface area contributed by atoms with E-state index in [1.807, 2.05) is 12.2 Å². The summed E-state index contributed by atoms with van der Waals surface area (Å²) < 4.78 is 10.8. The van der Waals surface area contributed by atoms with Gasteiger partial charge in [0, 0.05) is 23.1 Å². The third-order valence-electron chi connectivity index (χ3n) is 3.89. The number of nitrogens with zero attached hydrogens (tertiary/aromatic N) is 1. The summed E-state index contributed by atoms with van der Waals surface area (Å²) in [5, 5.41) is 0.930. The van der Waals surface area contributed by atoms with E-state index in [0.717, 1.165) is 31.0 Å². The molecule has 0 saturated heterocycles. The van der Waals surface area contributed by atoms with E-state index in [2.05, 4.69) is 15.9 Å². The maximum absolute atomic E-state index is 12.4. The number of hydrogen-bond acceptors (Lipinski definition) is 4. The van der Waals surface area contributed by atoms with E-state index in [-0.39, 0.29) is 11.8 Å². The molecule has 0 radical (unpaired) electrons. The second-order valence-electron chi connectivity index (χ2n) is 5.57. The van der Waals surface area contributed by atoms with Crippen LogP contribution in [0.4, 0.5) is 0 Å². The lowest BCUT2D eigenvalue weighted by Gasteiger charge is -2.15. The lowest BCUT2D eigenvalue weighted by molar-refractivity contribution is -0.138. The summed E-state index contributed by atoms with van der Waals surface area (Å²) in [4.78, 5) is 26.1. The van der Waals surface area contributed by atoms with Gasteiger partial charge in [-0.1, -0.05) is 28.1 Å². The molecule has 128 valence electrons. The van der Waals surface area contributed by atoms with Crippen LogP contribution in [-0.2, 0) is 19.1 Å². The van der Waals surface area contributed by atoms with Crippen molar-refractivity contribution in [2.45, 2.75) is 32.1 Å². The molecule has 23 heavy (non-hydrogen) atoms. The van der Waals surface area contributed by atoms with E-state index < -0.39 is 0 Å². The van der Waals surface area contributed by atoms with Crippen LogP contribution in [-0.4, -0.2) is 55.0 Å². The maximum atomic E-state index is 12.4. The zero-order valence-corrected chi connectivity index (χ0v) is 15.0. The van der Waals surface area contributed by atoms with Gasteiger partial charge in [-0.3, -0.25) is 14.5 Å². The molecule has 0 aromatic carbocycles. The minimum absolute atomic E-state index is 0.145. The van der Waals surface area contributed by atoms with Crippen LogP contribution in [0.5, 0.6) is 0 Å². The highest BCUT2D eigenvalue weighted by molar-refractivity contribution is 9.09. The number of alkyl halides is 1. The number of rotatable bonds is 9. The third kappa shape index (κ3) is 5.26. The van der Waals surface area contributed by atoms with Gasteiger partial charge in [-0.2, -0.15) is 0 Å². The molecule has 0 fully saturated rings. The molecule has 5 nitrogen and oxygen atoms in total. The first kappa shape index (κ1) is 18.4. The fourth-order valence-electron chi connectivity index (χ4n) is 2.66. The van der Waals surface area contributed by atoms with Crippen LogP contribution in [0.15, 0.2) is 23.3 Å². The molecule has 2 aliphatic rings. The van der Waals surface area contributed by atoms with Crippen LogP contribution >= 0.6 is 15.9 Å².